The standard InChI is InChI=1S/C10H12N2/c11-9-5-10(9)6-12-8-4-2-1-3-7(8)10/h1-4,9,12H,5-6,11H2. The number of anilines is 1. The molecule has 1 aliphatic heterocycles. The Kier molecular flexibility index (Phi) is 0.989. The van der Waals surface area contributed by atoms with Crippen LogP contribution in [0.25, 0.3) is 0 Å². The third-order valence-electron chi connectivity index (χ3n) is 3.19. The van der Waals surface area contributed by atoms with Crippen LogP contribution in [0.15, 0.2) is 24.3 Å². The topological polar surface area (TPSA) is 38.0 Å². The van der Waals surface area contributed by atoms with Gasteiger partial charge in [-0.1, -0.05) is 18.2 Å². The highest BCUT2D eigenvalue weighted by atomic mass is 15.0. The van der Waals surface area contributed by atoms with E-state index in [2.05, 4.69) is 29.6 Å². The molecule has 2 atom stereocenters. The van der Waals surface area contributed by atoms with Gasteiger partial charge in [-0.15, -0.1) is 0 Å². The van der Waals surface area contributed by atoms with E-state index < -0.39 is 0 Å². The lowest BCUT2D eigenvalue weighted by molar-refractivity contribution is 0.733. The van der Waals surface area contributed by atoms with Crippen LogP contribution < -0.4 is 11.1 Å². The van der Waals surface area contributed by atoms with Crippen LogP contribution >= 0.6 is 0 Å². The second-order valence-corrected chi connectivity index (χ2v) is 3.87. The molecule has 1 fully saturated rings. The first-order chi connectivity index (χ1) is 5.83. The highest BCUT2D eigenvalue weighted by Gasteiger charge is 2.56. The molecule has 0 bridgehead atoms. The molecular formula is C10H12N2. The van der Waals surface area contributed by atoms with Gasteiger partial charge < -0.3 is 11.1 Å². The Labute approximate surface area is 71.8 Å². The zero-order valence-corrected chi connectivity index (χ0v) is 6.88. The second-order valence-electron chi connectivity index (χ2n) is 3.87. The van der Waals surface area contributed by atoms with Crippen molar-refractivity contribution in [2.24, 2.45) is 5.73 Å². The first-order valence-corrected chi connectivity index (χ1v) is 4.42. The lowest BCUT2D eigenvalue weighted by atomic mass is 9.98. The van der Waals surface area contributed by atoms with Gasteiger partial charge in [0.05, 0.1) is 0 Å². The lowest BCUT2D eigenvalue weighted by Gasteiger charge is -2.05. The molecule has 0 radical (unpaired) electrons. The van der Waals surface area contributed by atoms with Crippen LogP contribution in [0.5, 0.6) is 0 Å². The second kappa shape index (κ2) is 1.83. The molecule has 1 spiro atoms. The van der Waals surface area contributed by atoms with Crippen molar-refractivity contribution in [2.75, 3.05) is 11.9 Å². The summed E-state index contributed by atoms with van der Waals surface area (Å²) in [6.45, 7) is 1.04. The van der Waals surface area contributed by atoms with Crippen molar-refractivity contribution in [3.63, 3.8) is 0 Å². The first kappa shape index (κ1) is 6.49. The van der Waals surface area contributed by atoms with Gasteiger partial charge in [-0.3, -0.25) is 0 Å². The number of para-hydroxylation sites is 1. The summed E-state index contributed by atoms with van der Waals surface area (Å²) in [7, 11) is 0. The van der Waals surface area contributed by atoms with E-state index in [4.69, 9.17) is 5.73 Å². The summed E-state index contributed by atoms with van der Waals surface area (Å²) in [6, 6.07) is 8.88. The van der Waals surface area contributed by atoms with E-state index in [0.717, 1.165) is 13.0 Å². The molecule has 2 aliphatic rings. The van der Waals surface area contributed by atoms with E-state index in [1.165, 1.54) is 11.3 Å². The van der Waals surface area contributed by atoms with Crippen molar-refractivity contribution in [1.82, 2.24) is 0 Å². The number of rotatable bonds is 0. The average Bonchev–Trinajstić information content (AvgIpc) is 2.58. The van der Waals surface area contributed by atoms with E-state index in [-0.39, 0.29) is 0 Å². The third kappa shape index (κ3) is 0.596. The fourth-order valence-corrected chi connectivity index (χ4v) is 2.27. The van der Waals surface area contributed by atoms with Crippen molar-refractivity contribution in [2.45, 2.75) is 17.9 Å². The number of hydrogen-bond acceptors (Lipinski definition) is 2. The Morgan fingerprint density at radius 1 is 1.42 bits per heavy atom. The van der Waals surface area contributed by atoms with E-state index in [1.807, 2.05) is 0 Å². The maximum Gasteiger partial charge on any atom is 0.0380 e. The molecule has 1 heterocycles. The van der Waals surface area contributed by atoms with Crippen LogP contribution in [0.4, 0.5) is 5.69 Å². The van der Waals surface area contributed by atoms with Crippen molar-refractivity contribution in [3.05, 3.63) is 29.8 Å². The van der Waals surface area contributed by atoms with Crippen LogP contribution in [0.2, 0.25) is 0 Å². The van der Waals surface area contributed by atoms with Gasteiger partial charge in [-0.25, -0.2) is 0 Å². The largest absolute Gasteiger partial charge is 0.384 e. The Bertz CT molecular complexity index is 334. The number of fused-ring (bicyclic) bond motifs is 2. The molecule has 12 heavy (non-hydrogen) atoms. The molecule has 62 valence electrons. The zero-order chi connectivity index (χ0) is 8.18. The number of benzene rings is 1. The minimum Gasteiger partial charge on any atom is -0.384 e. The molecule has 1 aromatic rings. The first-order valence-electron chi connectivity index (χ1n) is 4.42. The van der Waals surface area contributed by atoms with Crippen LogP contribution in [0.1, 0.15) is 12.0 Å². The van der Waals surface area contributed by atoms with Crippen molar-refractivity contribution < 1.29 is 0 Å². The van der Waals surface area contributed by atoms with E-state index >= 15 is 0 Å². The summed E-state index contributed by atoms with van der Waals surface area (Å²) in [5, 5.41) is 3.40. The minimum absolute atomic E-state index is 0.302. The van der Waals surface area contributed by atoms with Crippen LogP contribution in [-0.2, 0) is 5.41 Å². The van der Waals surface area contributed by atoms with Gasteiger partial charge in [0.15, 0.2) is 0 Å². The molecule has 1 aromatic carbocycles. The molecule has 2 heteroatoms. The summed E-state index contributed by atoms with van der Waals surface area (Å²) in [5.74, 6) is 0. The fraction of sp³-hybridized carbons (Fsp3) is 0.400. The minimum atomic E-state index is 0.302. The fourth-order valence-electron chi connectivity index (χ4n) is 2.27. The monoisotopic (exact) mass is 160 g/mol. The number of hydrogen-bond donors (Lipinski definition) is 2. The predicted octanol–water partition coefficient (Wildman–Crippen LogP) is 1.08. The summed E-state index contributed by atoms with van der Waals surface area (Å²) in [4.78, 5) is 0. The Balaban J connectivity index is 2.15. The summed E-state index contributed by atoms with van der Waals surface area (Å²) in [5.41, 5.74) is 8.95. The number of nitrogens with two attached hydrogens (primary N) is 1. The third-order valence-corrected chi connectivity index (χ3v) is 3.19. The molecule has 0 aromatic heterocycles. The highest BCUT2D eigenvalue weighted by molar-refractivity contribution is 5.64. The summed E-state index contributed by atoms with van der Waals surface area (Å²) < 4.78 is 0. The summed E-state index contributed by atoms with van der Waals surface area (Å²) in [6.07, 6.45) is 1.15. The smallest absolute Gasteiger partial charge is 0.0380 e. The SMILES string of the molecule is NC1CC12CNc1ccccc12. The zero-order valence-electron chi connectivity index (χ0n) is 6.88. The van der Waals surface area contributed by atoms with E-state index in [1.54, 1.807) is 0 Å². The predicted molar refractivity (Wildman–Crippen MR) is 49.2 cm³/mol. The van der Waals surface area contributed by atoms with Crippen LogP contribution in [0.3, 0.4) is 0 Å². The maximum absolute atomic E-state index is 5.94. The van der Waals surface area contributed by atoms with Gasteiger partial charge in [-0.2, -0.15) is 0 Å². The highest BCUT2D eigenvalue weighted by Crippen LogP contribution is 2.52. The molecule has 2 nitrogen and oxygen atoms in total. The molecule has 2 unspecified atom stereocenters. The summed E-state index contributed by atoms with van der Waals surface area (Å²) >= 11 is 0. The van der Waals surface area contributed by atoms with Crippen molar-refractivity contribution >= 4 is 5.69 Å². The van der Waals surface area contributed by atoms with Crippen LogP contribution in [0, 0.1) is 0 Å². The molecule has 0 saturated heterocycles. The normalized spacial score (nSPS) is 36.2. The Morgan fingerprint density at radius 3 is 2.92 bits per heavy atom. The molecule has 3 N–H and O–H groups in total. The lowest BCUT2D eigenvalue weighted by Crippen LogP contribution is -2.20. The molecule has 3 rings (SSSR count). The number of nitrogens with one attached hydrogen (secondary N) is 1. The Morgan fingerprint density at radius 2 is 2.17 bits per heavy atom. The van der Waals surface area contributed by atoms with E-state index in [9.17, 15) is 0 Å². The quantitative estimate of drug-likeness (QED) is 0.596. The molecular weight excluding hydrogens is 148 g/mol. The van der Waals surface area contributed by atoms with Gasteiger partial charge >= 0.3 is 0 Å². The molecule has 1 saturated carbocycles. The van der Waals surface area contributed by atoms with Crippen LogP contribution in [-0.4, -0.2) is 12.6 Å². The van der Waals surface area contributed by atoms with Gasteiger partial charge in [0.1, 0.15) is 0 Å². The van der Waals surface area contributed by atoms with Gasteiger partial charge in [0.2, 0.25) is 0 Å². The molecule has 1 aliphatic carbocycles. The van der Waals surface area contributed by atoms with Crippen molar-refractivity contribution in [1.29, 1.82) is 0 Å². The van der Waals surface area contributed by atoms with Crippen molar-refractivity contribution in [3.8, 4) is 0 Å². The van der Waals surface area contributed by atoms with Gasteiger partial charge in [-0.05, 0) is 18.1 Å². The molecule has 0 amide bonds. The maximum atomic E-state index is 5.94. The van der Waals surface area contributed by atoms with Gasteiger partial charge in [0, 0.05) is 23.7 Å². The van der Waals surface area contributed by atoms with Gasteiger partial charge in [0.25, 0.3) is 0 Å². The Hall–Kier alpha value is -1.02. The van der Waals surface area contributed by atoms with E-state index in [0.29, 0.717) is 11.5 Å². The average molecular weight is 160 g/mol.